The van der Waals surface area contributed by atoms with E-state index >= 15 is 0 Å². The monoisotopic (exact) mass is 250 g/mol. The molecule has 0 N–H and O–H groups in total. The summed E-state index contributed by atoms with van der Waals surface area (Å²) in [6.45, 7) is 3.29. The minimum absolute atomic E-state index is 0.0904. The van der Waals surface area contributed by atoms with E-state index in [1.807, 2.05) is 18.2 Å². The van der Waals surface area contributed by atoms with Crippen molar-refractivity contribution in [3.8, 4) is 11.5 Å². The van der Waals surface area contributed by atoms with Crippen molar-refractivity contribution < 1.29 is 19.0 Å². The molecule has 4 nitrogen and oxygen atoms in total. The third-order valence-electron chi connectivity index (χ3n) is 2.98. The molecule has 1 aliphatic heterocycles. The zero-order valence-electron chi connectivity index (χ0n) is 10.8. The topological polar surface area (TPSA) is 44.8 Å². The van der Waals surface area contributed by atoms with Gasteiger partial charge in [0.1, 0.15) is 11.5 Å². The molecule has 1 heterocycles. The minimum Gasteiger partial charge on any atom is -0.493 e. The van der Waals surface area contributed by atoms with Crippen LogP contribution in [-0.4, -0.2) is 26.3 Å². The Balaban J connectivity index is 2.07. The van der Waals surface area contributed by atoms with Crippen molar-refractivity contribution in [3.63, 3.8) is 0 Å². The van der Waals surface area contributed by atoms with Crippen LogP contribution in [0.15, 0.2) is 18.2 Å². The van der Waals surface area contributed by atoms with Gasteiger partial charge in [-0.3, -0.25) is 4.79 Å². The summed E-state index contributed by atoms with van der Waals surface area (Å²) in [4.78, 5) is 11.3. The van der Waals surface area contributed by atoms with E-state index in [0.29, 0.717) is 19.6 Å². The Hall–Kier alpha value is -1.71. The maximum atomic E-state index is 11.3. The van der Waals surface area contributed by atoms with Crippen LogP contribution in [0.4, 0.5) is 0 Å². The first-order chi connectivity index (χ1) is 8.74. The molecule has 1 aromatic carbocycles. The van der Waals surface area contributed by atoms with Gasteiger partial charge < -0.3 is 14.2 Å². The third kappa shape index (κ3) is 2.75. The normalized spacial score (nSPS) is 16.9. The summed E-state index contributed by atoms with van der Waals surface area (Å²) in [7, 11) is 1.40. The SMILES string of the molecule is CCCOc1ccc2c(c1)OCC2CC(=O)OC. The molecular weight excluding hydrogens is 232 g/mol. The van der Waals surface area contributed by atoms with Crippen molar-refractivity contribution >= 4 is 5.97 Å². The number of hydrogen-bond donors (Lipinski definition) is 0. The quantitative estimate of drug-likeness (QED) is 0.753. The summed E-state index contributed by atoms with van der Waals surface area (Å²) < 4.78 is 15.8. The minimum atomic E-state index is -0.206. The Kier molecular flexibility index (Phi) is 4.07. The lowest BCUT2D eigenvalue weighted by atomic mass is 9.98. The number of hydrogen-bond acceptors (Lipinski definition) is 4. The fourth-order valence-corrected chi connectivity index (χ4v) is 2.02. The second-order valence-corrected chi connectivity index (χ2v) is 4.34. The van der Waals surface area contributed by atoms with Gasteiger partial charge >= 0.3 is 5.97 Å². The molecule has 4 heteroatoms. The van der Waals surface area contributed by atoms with E-state index in [4.69, 9.17) is 9.47 Å². The Morgan fingerprint density at radius 1 is 1.50 bits per heavy atom. The molecule has 98 valence electrons. The lowest BCUT2D eigenvalue weighted by molar-refractivity contribution is -0.141. The molecule has 0 fully saturated rings. The smallest absolute Gasteiger partial charge is 0.306 e. The zero-order chi connectivity index (χ0) is 13.0. The summed E-state index contributed by atoms with van der Waals surface area (Å²) >= 11 is 0. The number of ether oxygens (including phenoxy) is 3. The van der Waals surface area contributed by atoms with E-state index in [1.165, 1.54) is 7.11 Å². The van der Waals surface area contributed by atoms with Crippen LogP contribution < -0.4 is 9.47 Å². The highest BCUT2D eigenvalue weighted by Crippen LogP contribution is 2.38. The van der Waals surface area contributed by atoms with Crippen molar-refractivity contribution in [1.29, 1.82) is 0 Å². The van der Waals surface area contributed by atoms with Crippen LogP contribution in [0.5, 0.6) is 11.5 Å². The molecule has 0 radical (unpaired) electrons. The van der Waals surface area contributed by atoms with Gasteiger partial charge in [0, 0.05) is 17.5 Å². The molecule has 1 atom stereocenters. The number of rotatable bonds is 5. The van der Waals surface area contributed by atoms with Gasteiger partial charge in [-0.1, -0.05) is 13.0 Å². The van der Waals surface area contributed by atoms with E-state index in [9.17, 15) is 4.79 Å². The maximum Gasteiger partial charge on any atom is 0.306 e. The van der Waals surface area contributed by atoms with Crippen LogP contribution in [0.3, 0.4) is 0 Å². The van der Waals surface area contributed by atoms with Gasteiger partial charge in [0.05, 0.1) is 26.7 Å². The number of carbonyl (C=O) groups excluding carboxylic acids is 1. The van der Waals surface area contributed by atoms with Crippen LogP contribution >= 0.6 is 0 Å². The fourth-order valence-electron chi connectivity index (χ4n) is 2.02. The van der Waals surface area contributed by atoms with Gasteiger partial charge in [0.25, 0.3) is 0 Å². The molecule has 1 aliphatic rings. The van der Waals surface area contributed by atoms with Gasteiger partial charge in [-0.05, 0) is 12.5 Å². The van der Waals surface area contributed by atoms with E-state index in [2.05, 4.69) is 11.7 Å². The lowest BCUT2D eigenvalue weighted by Gasteiger charge is -2.08. The van der Waals surface area contributed by atoms with Crippen LogP contribution in [0.1, 0.15) is 31.2 Å². The Labute approximate surface area is 107 Å². The van der Waals surface area contributed by atoms with Crippen LogP contribution in [0, 0.1) is 0 Å². The van der Waals surface area contributed by atoms with Crippen molar-refractivity contribution in [3.05, 3.63) is 23.8 Å². The molecule has 0 saturated carbocycles. The van der Waals surface area contributed by atoms with E-state index < -0.39 is 0 Å². The average Bonchev–Trinajstić information content (AvgIpc) is 2.78. The highest BCUT2D eigenvalue weighted by atomic mass is 16.5. The standard InChI is InChI=1S/C14H18O4/c1-3-6-17-11-4-5-12-10(7-14(15)16-2)9-18-13(12)8-11/h4-5,8,10H,3,6-7,9H2,1-2H3. The number of fused-ring (bicyclic) bond motifs is 1. The van der Waals surface area contributed by atoms with Crippen molar-refractivity contribution in [2.75, 3.05) is 20.3 Å². The first kappa shape index (κ1) is 12.7. The van der Waals surface area contributed by atoms with Gasteiger partial charge in [-0.25, -0.2) is 0 Å². The van der Waals surface area contributed by atoms with Crippen molar-refractivity contribution in [1.82, 2.24) is 0 Å². The molecule has 2 rings (SSSR count). The van der Waals surface area contributed by atoms with E-state index in [0.717, 1.165) is 23.5 Å². The largest absolute Gasteiger partial charge is 0.493 e. The lowest BCUT2D eigenvalue weighted by Crippen LogP contribution is -2.09. The molecule has 18 heavy (non-hydrogen) atoms. The van der Waals surface area contributed by atoms with Gasteiger partial charge in [-0.15, -0.1) is 0 Å². The molecule has 0 spiro atoms. The summed E-state index contributed by atoms with van der Waals surface area (Å²) in [6, 6.07) is 5.79. The molecule has 1 aromatic rings. The predicted molar refractivity (Wildman–Crippen MR) is 67.1 cm³/mol. The van der Waals surface area contributed by atoms with Crippen molar-refractivity contribution in [2.45, 2.75) is 25.7 Å². The van der Waals surface area contributed by atoms with E-state index in [-0.39, 0.29) is 11.9 Å². The van der Waals surface area contributed by atoms with Crippen LogP contribution in [0.25, 0.3) is 0 Å². The molecule has 0 bridgehead atoms. The maximum absolute atomic E-state index is 11.3. The fraction of sp³-hybridized carbons (Fsp3) is 0.500. The third-order valence-corrected chi connectivity index (χ3v) is 2.98. The number of methoxy groups -OCH3 is 1. The number of carbonyl (C=O) groups is 1. The second-order valence-electron chi connectivity index (χ2n) is 4.34. The molecule has 0 amide bonds. The highest BCUT2D eigenvalue weighted by molar-refractivity contribution is 5.71. The molecule has 0 saturated heterocycles. The highest BCUT2D eigenvalue weighted by Gasteiger charge is 2.27. The Morgan fingerprint density at radius 3 is 3.06 bits per heavy atom. The molecule has 0 aliphatic carbocycles. The second kappa shape index (κ2) is 5.76. The van der Waals surface area contributed by atoms with Crippen LogP contribution in [-0.2, 0) is 9.53 Å². The van der Waals surface area contributed by atoms with Gasteiger partial charge in [0.15, 0.2) is 0 Å². The Bertz CT molecular complexity index is 428. The van der Waals surface area contributed by atoms with Gasteiger partial charge in [0.2, 0.25) is 0 Å². The van der Waals surface area contributed by atoms with Gasteiger partial charge in [-0.2, -0.15) is 0 Å². The summed E-state index contributed by atoms with van der Waals surface area (Å²) in [6.07, 6.45) is 1.33. The molecule has 1 unspecified atom stereocenters. The zero-order valence-corrected chi connectivity index (χ0v) is 10.8. The number of benzene rings is 1. The summed E-state index contributed by atoms with van der Waals surface area (Å²) in [5.74, 6) is 1.52. The predicted octanol–water partition coefficient (Wildman–Crippen LogP) is 2.51. The number of esters is 1. The summed E-state index contributed by atoms with van der Waals surface area (Å²) in [5, 5.41) is 0. The Morgan fingerprint density at radius 2 is 2.33 bits per heavy atom. The summed E-state index contributed by atoms with van der Waals surface area (Å²) in [5.41, 5.74) is 1.06. The average molecular weight is 250 g/mol. The van der Waals surface area contributed by atoms with Crippen LogP contribution in [0.2, 0.25) is 0 Å². The molecular formula is C14H18O4. The van der Waals surface area contributed by atoms with Crippen molar-refractivity contribution in [2.24, 2.45) is 0 Å². The van der Waals surface area contributed by atoms with E-state index in [1.54, 1.807) is 0 Å². The first-order valence-electron chi connectivity index (χ1n) is 6.21. The molecule has 0 aromatic heterocycles. The first-order valence-corrected chi connectivity index (χ1v) is 6.21.